The summed E-state index contributed by atoms with van der Waals surface area (Å²) in [6.07, 6.45) is 0.483. The van der Waals surface area contributed by atoms with E-state index >= 15 is 0 Å². The van der Waals surface area contributed by atoms with Gasteiger partial charge in [-0.05, 0) is 25.0 Å². The minimum Gasteiger partial charge on any atom is -0.394 e. The molecule has 1 amide bonds. The van der Waals surface area contributed by atoms with Crippen LogP contribution in [0.3, 0.4) is 0 Å². The lowest BCUT2D eigenvalue weighted by molar-refractivity contribution is 0.0906. The third-order valence-electron chi connectivity index (χ3n) is 2.56. The molecule has 0 heterocycles. The van der Waals surface area contributed by atoms with Crippen LogP contribution in [0.4, 0.5) is 8.78 Å². The number of carbonyl (C=O) groups is 1. The van der Waals surface area contributed by atoms with Crippen molar-refractivity contribution in [2.24, 2.45) is 0 Å². The third kappa shape index (κ3) is 3.00. The average Bonchev–Trinajstić information content (AvgIpc) is 2.31. The van der Waals surface area contributed by atoms with Crippen molar-refractivity contribution in [3.05, 3.63) is 34.9 Å². The first-order chi connectivity index (χ1) is 8.01. The number of nitrogens with one attached hydrogen (secondary N) is 1. The first kappa shape index (κ1) is 13.6. The highest BCUT2D eigenvalue weighted by Crippen LogP contribution is 2.16. The Kier molecular flexibility index (Phi) is 4.57. The van der Waals surface area contributed by atoms with E-state index in [1.807, 2.05) is 0 Å². The lowest BCUT2D eigenvalue weighted by atomic mass is 10.1. The number of rotatable bonds is 4. The highest BCUT2D eigenvalue weighted by molar-refractivity contribution is 5.95. The van der Waals surface area contributed by atoms with E-state index in [4.69, 9.17) is 5.11 Å². The number of amides is 1. The SMILES string of the molecule is CC[C@@H](CO)NC(=O)c1c(F)ccc(C)c1F. The first-order valence-electron chi connectivity index (χ1n) is 5.37. The molecule has 0 aliphatic carbocycles. The first-order valence-corrected chi connectivity index (χ1v) is 5.37. The van der Waals surface area contributed by atoms with Crippen molar-refractivity contribution in [3.63, 3.8) is 0 Å². The Morgan fingerprint density at radius 2 is 2.12 bits per heavy atom. The molecule has 0 aromatic heterocycles. The van der Waals surface area contributed by atoms with Crippen molar-refractivity contribution in [1.29, 1.82) is 0 Å². The van der Waals surface area contributed by atoms with Gasteiger partial charge in [0.2, 0.25) is 0 Å². The maximum Gasteiger partial charge on any atom is 0.257 e. The van der Waals surface area contributed by atoms with E-state index in [-0.39, 0.29) is 12.2 Å². The van der Waals surface area contributed by atoms with E-state index in [0.29, 0.717) is 6.42 Å². The Balaban J connectivity index is 3.00. The van der Waals surface area contributed by atoms with Crippen molar-refractivity contribution in [1.82, 2.24) is 5.32 Å². The van der Waals surface area contributed by atoms with Gasteiger partial charge >= 0.3 is 0 Å². The summed E-state index contributed by atoms with van der Waals surface area (Å²) < 4.78 is 27.0. The van der Waals surface area contributed by atoms with E-state index in [2.05, 4.69) is 5.32 Å². The summed E-state index contributed by atoms with van der Waals surface area (Å²) in [7, 11) is 0. The molecule has 0 aliphatic rings. The number of benzene rings is 1. The fraction of sp³-hybridized carbons (Fsp3) is 0.417. The monoisotopic (exact) mass is 243 g/mol. The molecule has 3 nitrogen and oxygen atoms in total. The Morgan fingerprint density at radius 1 is 1.47 bits per heavy atom. The molecular formula is C12H15F2NO2. The van der Waals surface area contributed by atoms with Crippen LogP contribution in [-0.4, -0.2) is 23.7 Å². The van der Waals surface area contributed by atoms with Crippen LogP contribution < -0.4 is 5.32 Å². The summed E-state index contributed by atoms with van der Waals surface area (Å²) >= 11 is 0. The molecule has 0 fully saturated rings. The summed E-state index contributed by atoms with van der Waals surface area (Å²) in [4.78, 5) is 11.7. The third-order valence-corrected chi connectivity index (χ3v) is 2.56. The van der Waals surface area contributed by atoms with Gasteiger partial charge in [0.25, 0.3) is 5.91 Å². The molecule has 0 saturated heterocycles. The molecule has 0 bridgehead atoms. The van der Waals surface area contributed by atoms with Gasteiger partial charge in [0.05, 0.1) is 12.6 Å². The molecule has 1 rings (SSSR count). The van der Waals surface area contributed by atoms with Gasteiger partial charge in [-0.25, -0.2) is 8.78 Å². The lowest BCUT2D eigenvalue weighted by Gasteiger charge is -2.15. The molecule has 2 N–H and O–H groups in total. The predicted molar refractivity (Wildman–Crippen MR) is 59.7 cm³/mol. The normalized spacial score (nSPS) is 12.3. The summed E-state index contributed by atoms with van der Waals surface area (Å²) in [5, 5.41) is 11.3. The molecule has 94 valence electrons. The minimum absolute atomic E-state index is 0.202. The van der Waals surface area contributed by atoms with Gasteiger partial charge in [0, 0.05) is 0 Å². The van der Waals surface area contributed by atoms with E-state index in [9.17, 15) is 13.6 Å². The van der Waals surface area contributed by atoms with Gasteiger partial charge in [0.15, 0.2) is 0 Å². The van der Waals surface area contributed by atoms with Gasteiger partial charge in [0.1, 0.15) is 17.2 Å². The molecule has 5 heteroatoms. The standard InChI is InChI=1S/C12H15F2NO2/c1-3-8(6-16)15-12(17)10-9(13)5-4-7(2)11(10)14/h4-5,8,16H,3,6H2,1-2H3,(H,15,17)/t8-/m0/s1. The van der Waals surface area contributed by atoms with Crippen molar-refractivity contribution in [3.8, 4) is 0 Å². The largest absolute Gasteiger partial charge is 0.394 e. The van der Waals surface area contributed by atoms with E-state index in [0.717, 1.165) is 6.07 Å². The number of carbonyl (C=O) groups excluding carboxylic acids is 1. The summed E-state index contributed by atoms with van der Waals surface area (Å²) in [6, 6.07) is 1.82. The van der Waals surface area contributed by atoms with Gasteiger partial charge < -0.3 is 10.4 Å². The number of halogens is 2. The van der Waals surface area contributed by atoms with Crippen LogP contribution in [0.1, 0.15) is 29.3 Å². The van der Waals surface area contributed by atoms with E-state index < -0.39 is 29.1 Å². The molecule has 0 unspecified atom stereocenters. The second-order valence-electron chi connectivity index (χ2n) is 3.81. The van der Waals surface area contributed by atoms with Gasteiger partial charge in [-0.15, -0.1) is 0 Å². The maximum atomic E-state index is 13.6. The maximum absolute atomic E-state index is 13.6. The van der Waals surface area contributed by atoms with E-state index in [1.54, 1.807) is 6.92 Å². The zero-order chi connectivity index (χ0) is 13.0. The highest BCUT2D eigenvalue weighted by atomic mass is 19.1. The summed E-state index contributed by atoms with van der Waals surface area (Å²) in [5.74, 6) is -2.61. The summed E-state index contributed by atoms with van der Waals surface area (Å²) in [5.41, 5.74) is -0.398. The average molecular weight is 243 g/mol. The molecule has 1 aromatic rings. The molecule has 0 saturated carbocycles. The smallest absolute Gasteiger partial charge is 0.257 e. The number of hydrogen-bond acceptors (Lipinski definition) is 2. The van der Waals surface area contributed by atoms with Crippen molar-refractivity contribution < 1.29 is 18.7 Å². The topological polar surface area (TPSA) is 49.3 Å². The number of aliphatic hydroxyl groups is 1. The molecule has 0 spiro atoms. The molecule has 1 aromatic carbocycles. The molecule has 1 atom stereocenters. The van der Waals surface area contributed by atoms with Crippen LogP contribution in [-0.2, 0) is 0 Å². The second-order valence-corrected chi connectivity index (χ2v) is 3.81. The predicted octanol–water partition coefficient (Wildman–Crippen LogP) is 1.77. The van der Waals surface area contributed by atoms with Crippen LogP contribution >= 0.6 is 0 Å². The Morgan fingerprint density at radius 3 is 2.65 bits per heavy atom. The van der Waals surface area contributed by atoms with Crippen molar-refractivity contribution in [2.45, 2.75) is 26.3 Å². The van der Waals surface area contributed by atoms with Gasteiger partial charge in [-0.2, -0.15) is 0 Å². The number of hydrogen-bond donors (Lipinski definition) is 2. The van der Waals surface area contributed by atoms with Crippen molar-refractivity contribution >= 4 is 5.91 Å². The molecular weight excluding hydrogens is 228 g/mol. The second kappa shape index (κ2) is 5.72. The Labute approximate surface area is 98.5 Å². The van der Waals surface area contributed by atoms with Crippen LogP contribution in [0.15, 0.2) is 12.1 Å². The highest BCUT2D eigenvalue weighted by Gasteiger charge is 2.20. The number of aliphatic hydroxyl groups excluding tert-OH is 1. The van der Waals surface area contributed by atoms with Crippen LogP contribution in [0, 0.1) is 18.6 Å². The molecule has 0 aliphatic heterocycles. The minimum atomic E-state index is -0.904. The fourth-order valence-corrected chi connectivity index (χ4v) is 1.40. The molecule has 17 heavy (non-hydrogen) atoms. The lowest BCUT2D eigenvalue weighted by Crippen LogP contribution is -2.37. The zero-order valence-corrected chi connectivity index (χ0v) is 9.76. The van der Waals surface area contributed by atoms with Crippen LogP contribution in [0.25, 0.3) is 0 Å². The summed E-state index contributed by atoms with van der Waals surface area (Å²) in [6.45, 7) is 2.94. The van der Waals surface area contributed by atoms with Gasteiger partial charge in [-0.3, -0.25) is 4.79 Å². The van der Waals surface area contributed by atoms with E-state index in [1.165, 1.54) is 13.0 Å². The quantitative estimate of drug-likeness (QED) is 0.846. The fourth-order valence-electron chi connectivity index (χ4n) is 1.40. The molecule has 0 radical (unpaired) electrons. The Hall–Kier alpha value is -1.49. The van der Waals surface area contributed by atoms with Gasteiger partial charge in [-0.1, -0.05) is 13.0 Å². The van der Waals surface area contributed by atoms with Crippen LogP contribution in [0.5, 0.6) is 0 Å². The van der Waals surface area contributed by atoms with Crippen LogP contribution in [0.2, 0.25) is 0 Å². The number of aryl methyl sites for hydroxylation is 1. The Bertz CT molecular complexity index is 417. The zero-order valence-electron chi connectivity index (χ0n) is 9.76. The van der Waals surface area contributed by atoms with Crippen molar-refractivity contribution in [2.75, 3.05) is 6.61 Å².